The van der Waals surface area contributed by atoms with Crippen LogP contribution < -0.4 is 0 Å². The first kappa shape index (κ1) is 12.0. The summed E-state index contributed by atoms with van der Waals surface area (Å²) in [4.78, 5) is 0. The Balaban J connectivity index is 2.15. The Morgan fingerprint density at radius 3 is 2.67 bits per heavy atom. The van der Waals surface area contributed by atoms with Gasteiger partial charge >= 0.3 is 0 Å². The molecule has 0 amide bonds. The Morgan fingerprint density at radius 2 is 2.06 bits per heavy atom. The molecule has 0 unspecified atom stereocenters. The second kappa shape index (κ2) is 4.56. The van der Waals surface area contributed by atoms with E-state index in [2.05, 4.69) is 5.10 Å². The summed E-state index contributed by atoms with van der Waals surface area (Å²) in [6.07, 6.45) is 2.21. The van der Waals surface area contributed by atoms with Crippen LogP contribution in [0.5, 0.6) is 0 Å². The molecule has 5 heteroatoms. The molecule has 1 aromatic carbocycles. The van der Waals surface area contributed by atoms with Gasteiger partial charge in [0, 0.05) is 11.5 Å². The molecule has 0 radical (unpaired) electrons. The van der Waals surface area contributed by atoms with Gasteiger partial charge in [-0.15, -0.1) is 11.6 Å². The largest absolute Gasteiger partial charge is 0.219 e. The van der Waals surface area contributed by atoms with E-state index in [4.69, 9.17) is 23.2 Å². The fourth-order valence-electron chi connectivity index (χ4n) is 2.04. The van der Waals surface area contributed by atoms with Crippen LogP contribution in [-0.4, -0.2) is 9.78 Å². The van der Waals surface area contributed by atoms with Crippen LogP contribution >= 0.6 is 23.2 Å². The maximum absolute atomic E-state index is 13.8. The van der Waals surface area contributed by atoms with E-state index < -0.39 is 0 Å². The third kappa shape index (κ3) is 1.91. The van der Waals surface area contributed by atoms with Crippen molar-refractivity contribution in [3.05, 3.63) is 46.5 Å². The smallest absolute Gasteiger partial charge is 0.148 e. The number of hydrogen-bond acceptors (Lipinski definition) is 1. The molecule has 1 heterocycles. The van der Waals surface area contributed by atoms with E-state index in [9.17, 15) is 4.39 Å². The second-order valence-corrected chi connectivity index (χ2v) is 5.05. The van der Waals surface area contributed by atoms with Gasteiger partial charge in [-0.05, 0) is 25.0 Å². The number of rotatable bonds is 3. The molecular formula is C13H11Cl2FN2. The Morgan fingerprint density at radius 1 is 1.33 bits per heavy atom. The predicted molar refractivity (Wildman–Crippen MR) is 70.1 cm³/mol. The zero-order valence-corrected chi connectivity index (χ0v) is 11.0. The molecule has 1 aliphatic carbocycles. The number of para-hydroxylation sites is 1. The third-order valence-electron chi connectivity index (χ3n) is 3.13. The van der Waals surface area contributed by atoms with Crippen LogP contribution in [0, 0.1) is 5.82 Å². The predicted octanol–water partition coefficient (Wildman–Crippen LogP) is 4.28. The summed E-state index contributed by atoms with van der Waals surface area (Å²) in [5.41, 5.74) is 2.10. The summed E-state index contributed by atoms with van der Waals surface area (Å²) >= 11 is 12.2. The highest BCUT2D eigenvalue weighted by Gasteiger charge is 2.31. The molecule has 0 N–H and O–H groups in total. The van der Waals surface area contributed by atoms with Crippen LogP contribution in [0.15, 0.2) is 24.3 Å². The Kier molecular flexibility index (Phi) is 3.04. The van der Waals surface area contributed by atoms with E-state index in [1.807, 2.05) is 0 Å². The number of halogens is 3. The average Bonchev–Trinajstić information content (AvgIpc) is 3.15. The maximum Gasteiger partial charge on any atom is 0.148 e. The van der Waals surface area contributed by atoms with Crippen LogP contribution in [0.4, 0.5) is 4.39 Å². The Bertz CT molecular complexity index is 591. The standard InChI is InChI=1S/C13H11Cl2FN2/c14-7-9-12(8-5-6-8)17-18(13(9)15)11-4-2-1-3-10(11)16/h1-4,8H,5-7H2. The molecule has 1 aromatic heterocycles. The summed E-state index contributed by atoms with van der Waals surface area (Å²) in [5.74, 6) is 0.397. The van der Waals surface area contributed by atoms with Gasteiger partial charge in [-0.3, -0.25) is 0 Å². The molecule has 3 rings (SSSR count). The zero-order chi connectivity index (χ0) is 12.7. The van der Waals surface area contributed by atoms with E-state index in [0.29, 0.717) is 22.6 Å². The molecule has 0 saturated heterocycles. The molecular weight excluding hydrogens is 274 g/mol. The zero-order valence-electron chi connectivity index (χ0n) is 9.54. The van der Waals surface area contributed by atoms with Gasteiger partial charge in [-0.25, -0.2) is 9.07 Å². The van der Waals surface area contributed by atoms with Crippen LogP contribution in [0.1, 0.15) is 30.0 Å². The minimum absolute atomic E-state index is 0.305. The number of nitrogens with zero attached hydrogens (tertiary/aromatic N) is 2. The van der Waals surface area contributed by atoms with Gasteiger partial charge in [-0.1, -0.05) is 23.7 Å². The Hall–Kier alpha value is -1.06. The number of hydrogen-bond donors (Lipinski definition) is 0. The summed E-state index contributed by atoms with van der Waals surface area (Å²) in [7, 11) is 0. The molecule has 1 fully saturated rings. The molecule has 1 aliphatic rings. The summed E-state index contributed by atoms with van der Waals surface area (Å²) in [5, 5.41) is 4.85. The maximum atomic E-state index is 13.8. The Labute approximate surface area is 114 Å². The lowest BCUT2D eigenvalue weighted by Crippen LogP contribution is -2.00. The fraction of sp³-hybridized carbons (Fsp3) is 0.308. The van der Waals surface area contributed by atoms with E-state index >= 15 is 0 Å². The highest BCUT2D eigenvalue weighted by molar-refractivity contribution is 6.31. The lowest BCUT2D eigenvalue weighted by molar-refractivity contribution is 0.610. The van der Waals surface area contributed by atoms with E-state index in [1.54, 1.807) is 18.2 Å². The van der Waals surface area contributed by atoms with Crippen molar-refractivity contribution in [1.29, 1.82) is 0 Å². The molecule has 0 spiro atoms. The van der Waals surface area contributed by atoms with Crippen LogP contribution in [-0.2, 0) is 5.88 Å². The first-order chi connectivity index (χ1) is 8.72. The summed E-state index contributed by atoms with van der Waals surface area (Å²) < 4.78 is 15.2. The van der Waals surface area contributed by atoms with Crippen LogP contribution in [0.2, 0.25) is 5.15 Å². The summed E-state index contributed by atoms with van der Waals surface area (Å²) in [6.45, 7) is 0. The van der Waals surface area contributed by atoms with E-state index in [1.165, 1.54) is 10.7 Å². The first-order valence-electron chi connectivity index (χ1n) is 5.80. The van der Waals surface area contributed by atoms with Crippen molar-refractivity contribution in [2.45, 2.75) is 24.6 Å². The normalized spacial score (nSPS) is 15.1. The molecule has 0 aliphatic heterocycles. The average molecular weight is 285 g/mol. The quantitative estimate of drug-likeness (QED) is 0.769. The first-order valence-corrected chi connectivity index (χ1v) is 6.71. The van der Waals surface area contributed by atoms with Gasteiger partial charge in [0.25, 0.3) is 0 Å². The molecule has 0 bridgehead atoms. The topological polar surface area (TPSA) is 17.8 Å². The van der Waals surface area contributed by atoms with Gasteiger partial charge in [0.15, 0.2) is 0 Å². The van der Waals surface area contributed by atoms with Crippen molar-refractivity contribution in [2.75, 3.05) is 0 Å². The summed E-state index contributed by atoms with van der Waals surface area (Å²) in [6, 6.07) is 6.45. The molecule has 2 nitrogen and oxygen atoms in total. The van der Waals surface area contributed by atoms with Gasteiger partial charge in [0.05, 0.1) is 11.6 Å². The molecule has 94 valence electrons. The number of aromatic nitrogens is 2. The van der Waals surface area contributed by atoms with Crippen molar-refractivity contribution in [3.8, 4) is 5.69 Å². The highest BCUT2D eigenvalue weighted by Crippen LogP contribution is 2.43. The fourth-order valence-corrected chi connectivity index (χ4v) is 2.66. The minimum atomic E-state index is -0.342. The van der Waals surface area contributed by atoms with Crippen LogP contribution in [0.3, 0.4) is 0 Å². The molecule has 18 heavy (non-hydrogen) atoms. The van der Waals surface area contributed by atoms with Crippen molar-refractivity contribution < 1.29 is 4.39 Å². The monoisotopic (exact) mass is 284 g/mol. The van der Waals surface area contributed by atoms with Gasteiger partial charge in [0.1, 0.15) is 16.7 Å². The molecule has 0 atom stereocenters. The van der Waals surface area contributed by atoms with Crippen molar-refractivity contribution in [3.63, 3.8) is 0 Å². The van der Waals surface area contributed by atoms with E-state index in [-0.39, 0.29) is 5.82 Å². The van der Waals surface area contributed by atoms with Gasteiger partial charge in [0.2, 0.25) is 0 Å². The van der Waals surface area contributed by atoms with Gasteiger partial charge in [-0.2, -0.15) is 5.10 Å². The minimum Gasteiger partial charge on any atom is -0.219 e. The third-order valence-corrected chi connectivity index (χ3v) is 3.79. The molecule has 2 aromatic rings. The van der Waals surface area contributed by atoms with Gasteiger partial charge < -0.3 is 0 Å². The van der Waals surface area contributed by atoms with E-state index in [0.717, 1.165) is 24.1 Å². The number of benzene rings is 1. The number of alkyl halides is 1. The second-order valence-electron chi connectivity index (χ2n) is 4.43. The van der Waals surface area contributed by atoms with Crippen molar-refractivity contribution in [1.82, 2.24) is 9.78 Å². The lowest BCUT2D eigenvalue weighted by atomic mass is 10.2. The SMILES string of the molecule is Fc1ccccc1-n1nc(C2CC2)c(CCl)c1Cl. The van der Waals surface area contributed by atoms with Crippen molar-refractivity contribution in [2.24, 2.45) is 0 Å². The highest BCUT2D eigenvalue weighted by atomic mass is 35.5. The lowest BCUT2D eigenvalue weighted by Gasteiger charge is -2.04. The van der Waals surface area contributed by atoms with Crippen LogP contribution in [0.25, 0.3) is 5.69 Å². The van der Waals surface area contributed by atoms with Crippen molar-refractivity contribution >= 4 is 23.2 Å². The molecule has 1 saturated carbocycles.